The normalized spacial score (nSPS) is 11.3. The summed E-state index contributed by atoms with van der Waals surface area (Å²) in [5.41, 5.74) is 0.659. The molecule has 0 aromatic heterocycles. The number of amides is 1. The first-order valence-corrected chi connectivity index (χ1v) is 8.08. The largest absolute Gasteiger partial charge is 0.493 e. The quantitative estimate of drug-likeness (QED) is 0.553. The Bertz CT molecular complexity index is 794. The van der Waals surface area contributed by atoms with Crippen LogP contribution < -0.4 is 20.1 Å². The van der Waals surface area contributed by atoms with Crippen molar-refractivity contribution < 1.29 is 19.2 Å². The number of nitro groups is 1. The van der Waals surface area contributed by atoms with Crippen LogP contribution in [0.1, 0.15) is 13.8 Å². The van der Waals surface area contributed by atoms with Crippen LogP contribution in [0.2, 0.25) is 0 Å². The van der Waals surface area contributed by atoms with Crippen molar-refractivity contribution in [1.82, 2.24) is 0 Å². The van der Waals surface area contributed by atoms with E-state index in [0.29, 0.717) is 23.8 Å². The van der Waals surface area contributed by atoms with Crippen LogP contribution in [0.5, 0.6) is 11.5 Å². The van der Waals surface area contributed by atoms with Crippen molar-refractivity contribution in [3.05, 3.63) is 52.6 Å². The van der Waals surface area contributed by atoms with Crippen LogP contribution in [0.3, 0.4) is 0 Å². The van der Waals surface area contributed by atoms with Gasteiger partial charge in [0.25, 0.3) is 5.69 Å². The van der Waals surface area contributed by atoms with Crippen LogP contribution in [-0.4, -0.2) is 30.6 Å². The summed E-state index contributed by atoms with van der Waals surface area (Å²) in [5, 5.41) is 16.6. The maximum atomic E-state index is 12.4. The Morgan fingerprint density at radius 1 is 1.23 bits per heavy atom. The molecular weight excluding hydrogens is 338 g/mol. The third kappa shape index (κ3) is 4.62. The Morgan fingerprint density at radius 2 is 1.96 bits per heavy atom. The van der Waals surface area contributed by atoms with Crippen LogP contribution >= 0.6 is 0 Å². The fourth-order valence-electron chi connectivity index (χ4n) is 2.33. The molecule has 2 aromatic carbocycles. The number of methoxy groups -OCH3 is 1. The minimum atomic E-state index is -0.627. The molecule has 2 rings (SSSR count). The van der Waals surface area contributed by atoms with Gasteiger partial charge in [-0.1, -0.05) is 12.1 Å². The van der Waals surface area contributed by atoms with Gasteiger partial charge in [-0.2, -0.15) is 0 Å². The second-order valence-electron chi connectivity index (χ2n) is 5.43. The van der Waals surface area contributed by atoms with Gasteiger partial charge in [0.05, 0.1) is 18.6 Å². The molecular formula is C18H21N3O5. The molecule has 2 aromatic rings. The van der Waals surface area contributed by atoms with Crippen molar-refractivity contribution in [1.29, 1.82) is 0 Å². The van der Waals surface area contributed by atoms with Gasteiger partial charge in [-0.25, -0.2) is 0 Å². The number of para-hydroxylation sites is 2. The van der Waals surface area contributed by atoms with Crippen LogP contribution in [-0.2, 0) is 4.79 Å². The van der Waals surface area contributed by atoms with Gasteiger partial charge < -0.3 is 20.1 Å². The molecule has 8 heteroatoms. The van der Waals surface area contributed by atoms with Gasteiger partial charge >= 0.3 is 0 Å². The molecule has 8 nitrogen and oxygen atoms in total. The van der Waals surface area contributed by atoms with E-state index < -0.39 is 16.9 Å². The van der Waals surface area contributed by atoms with E-state index in [4.69, 9.17) is 9.47 Å². The van der Waals surface area contributed by atoms with Crippen molar-refractivity contribution in [2.75, 3.05) is 24.4 Å². The third-order valence-corrected chi connectivity index (χ3v) is 3.60. The van der Waals surface area contributed by atoms with Crippen molar-refractivity contribution in [2.45, 2.75) is 19.9 Å². The van der Waals surface area contributed by atoms with Crippen molar-refractivity contribution in [3.63, 3.8) is 0 Å². The Morgan fingerprint density at radius 3 is 2.62 bits per heavy atom. The molecule has 0 saturated heterocycles. The van der Waals surface area contributed by atoms with Crippen molar-refractivity contribution >= 4 is 23.0 Å². The number of nitrogens with zero attached hydrogens (tertiary/aromatic N) is 1. The van der Waals surface area contributed by atoms with Crippen LogP contribution in [0.15, 0.2) is 42.5 Å². The molecule has 138 valence electrons. The number of hydrogen-bond donors (Lipinski definition) is 2. The number of rotatable bonds is 8. The molecule has 0 spiro atoms. The number of anilines is 2. The number of nitrogens with one attached hydrogen (secondary N) is 2. The molecule has 0 radical (unpaired) electrons. The average molecular weight is 359 g/mol. The number of ether oxygens (including phenoxy) is 2. The zero-order valence-corrected chi connectivity index (χ0v) is 14.8. The van der Waals surface area contributed by atoms with Crippen molar-refractivity contribution in [3.8, 4) is 11.5 Å². The van der Waals surface area contributed by atoms with Gasteiger partial charge in [0, 0.05) is 17.8 Å². The molecule has 0 fully saturated rings. The van der Waals surface area contributed by atoms with E-state index in [2.05, 4.69) is 10.6 Å². The SMILES string of the molecule is CCOc1ccc(N[C@H](C)C(=O)Nc2ccccc2[N+](=O)[O-])cc1OC. The summed E-state index contributed by atoms with van der Waals surface area (Å²) in [6.07, 6.45) is 0. The fraction of sp³-hybridized carbons (Fsp3) is 0.278. The lowest BCUT2D eigenvalue weighted by Gasteiger charge is -2.17. The highest BCUT2D eigenvalue weighted by Gasteiger charge is 2.19. The van der Waals surface area contributed by atoms with E-state index in [1.807, 2.05) is 6.92 Å². The molecule has 2 N–H and O–H groups in total. The Balaban J connectivity index is 2.09. The summed E-state index contributed by atoms with van der Waals surface area (Å²) in [6, 6.07) is 10.6. The summed E-state index contributed by atoms with van der Waals surface area (Å²) in [6.45, 7) is 4.05. The highest BCUT2D eigenvalue weighted by Crippen LogP contribution is 2.30. The molecule has 0 saturated carbocycles. The summed E-state index contributed by atoms with van der Waals surface area (Å²) < 4.78 is 10.7. The van der Waals surface area contributed by atoms with Gasteiger partial charge in [0.15, 0.2) is 11.5 Å². The van der Waals surface area contributed by atoms with Crippen LogP contribution in [0.25, 0.3) is 0 Å². The predicted octanol–water partition coefficient (Wildman–Crippen LogP) is 3.44. The molecule has 0 bridgehead atoms. The average Bonchev–Trinajstić information content (AvgIpc) is 2.63. The summed E-state index contributed by atoms with van der Waals surface area (Å²) >= 11 is 0. The second-order valence-corrected chi connectivity index (χ2v) is 5.43. The number of benzene rings is 2. The van der Waals surface area contributed by atoms with Crippen LogP contribution in [0, 0.1) is 10.1 Å². The van der Waals surface area contributed by atoms with Gasteiger partial charge in [-0.15, -0.1) is 0 Å². The van der Waals surface area contributed by atoms with E-state index in [1.165, 1.54) is 19.2 Å². The van der Waals surface area contributed by atoms with E-state index in [9.17, 15) is 14.9 Å². The molecule has 0 aliphatic heterocycles. The summed E-state index contributed by atoms with van der Waals surface area (Å²) in [5.74, 6) is 0.757. The van der Waals surface area contributed by atoms with Gasteiger partial charge in [0.1, 0.15) is 11.7 Å². The maximum absolute atomic E-state index is 12.4. The second kappa shape index (κ2) is 8.70. The number of carbonyl (C=O) groups is 1. The van der Waals surface area contributed by atoms with Gasteiger partial charge in [0.2, 0.25) is 5.91 Å². The third-order valence-electron chi connectivity index (χ3n) is 3.60. The topological polar surface area (TPSA) is 103 Å². The zero-order valence-electron chi connectivity index (χ0n) is 14.8. The zero-order chi connectivity index (χ0) is 19.1. The van der Waals surface area contributed by atoms with Gasteiger partial charge in [-0.3, -0.25) is 14.9 Å². The Labute approximate surface area is 151 Å². The standard InChI is InChI=1S/C18H21N3O5/c1-4-26-16-10-9-13(11-17(16)25-3)19-12(2)18(22)20-14-7-5-6-8-15(14)21(23)24/h5-12,19H,4H2,1-3H3,(H,20,22)/t12-/m1/s1. The minimum absolute atomic E-state index is 0.153. The highest BCUT2D eigenvalue weighted by molar-refractivity contribution is 5.98. The van der Waals surface area contributed by atoms with E-state index >= 15 is 0 Å². The number of nitro benzene ring substituents is 1. The highest BCUT2D eigenvalue weighted by atomic mass is 16.6. The summed E-state index contributed by atoms with van der Waals surface area (Å²) in [4.78, 5) is 22.9. The monoisotopic (exact) mass is 359 g/mol. The molecule has 0 aliphatic rings. The maximum Gasteiger partial charge on any atom is 0.292 e. The lowest BCUT2D eigenvalue weighted by Crippen LogP contribution is -2.32. The Hall–Kier alpha value is -3.29. The van der Waals surface area contributed by atoms with E-state index in [1.54, 1.807) is 37.3 Å². The summed E-state index contributed by atoms with van der Waals surface area (Å²) in [7, 11) is 1.53. The predicted molar refractivity (Wildman–Crippen MR) is 99.0 cm³/mol. The molecule has 1 amide bonds. The van der Waals surface area contributed by atoms with E-state index in [-0.39, 0.29) is 11.4 Å². The first-order chi connectivity index (χ1) is 12.5. The minimum Gasteiger partial charge on any atom is -0.493 e. The molecule has 0 aliphatic carbocycles. The number of carbonyl (C=O) groups excluding carboxylic acids is 1. The first kappa shape index (κ1) is 19.0. The molecule has 1 atom stereocenters. The first-order valence-electron chi connectivity index (χ1n) is 8.08. The van der Waals surface area contributed by atoms with E-state index in [0.717, 1.165) is 0 Å². The number of hydrogen-bond acceptors (Lipinski definition) is 6. The fourth-order valence-corrected chi connectivity index (χ4v) is 2.33. The van der Waals surface area contributed by atoms with Gasteiger partial charge in [-0.05, 0) is 32.0 Å². The smallest absolute Gasteiger partial charge is 0.292 e. The van der Waals surface area contributed by atoms with Crippen LogP contribution in [0.4, 0.5) is 17.1 Å². The molecule has 0 heterocycles. The molecule has 0 unspecified atom stereocenters. The lowest BCUT2D eigenvalue weighted by atomic mass is 10.2. The molecule has 26 heavy (non-hydrogen) atoms. The Kier molecular flexibility index (Phi) is 6.37. The van der Waals surface area contributed by atoms with Crippen molar-refractivity contribution in [2.24, 2.45) is 0 Å². The lowest BCUT2D eigenvalue weighted by molar-refractivity contribution is -0.383.